The molecule has 4 aliphatic carbocycles. The summed E-state index contributed by atoms with van der Waals surface area (Å²) in [7, 11) is 0. The Bertz CT molecular complexity index is 439. The maximum absolute atomic E-state index is 12.2. The van der Waals surface area contributed by atoms with E-state index in [4.69, 9.17) is 0 Å². The quantitative estimate of drug-likeness (QED) is 0.482. The van der Waals surface area contributed by atoms with Crippen molar-refractivity contribution in [1.82, 2.24) is 5.32 Å². The smallest absolute Gasteiger partial charge is 0.243 e. The lowest BCUT2D eigenvalue weighted by Crippen LogP contribution is -2.67. The number of amides is 1. The number of hydrogen-bond donors (Lipinski definition) is 1. The van der Waals surface area contributed by atoms with Gasteiger partial charge in [-0.3, -0.25) is 4.79 Å². The van der Waals surface area contributed by atoms with Gasteiger partial charge in [-0.2, -0.15) is 0 Å². The Hall–Kier alpha value is -0.790. The molecule has 2 atom stereocenters. The van der Waals surface area contributed by atoms with Crippen LogP contribution in [0.15, 0.2) is 12.7 Å². The Morgan fingerprint density at radius 3 is 2.35 bits per heavy atom. The van der Waals surface area contributed by atoms with E-state index >= 15 is 0 Å². The molecule has 0 saturated heterocycles. The topological polar surface area (TPSA) is 29.1 Å². The van der Waals surface area contributed by atoms with E-state index in [9.17, 15) is 4.79 Å². The van der Waals surface area contributed by atoms with Gasteiger partial charge in [-0.05, 0) is 67.8 Å². The van der Waals surface area contributed by atoms with E-state index < -0.39 is 0 Å². The minimum Gasteiger partial charge on any atom is -0.347 e. The zero-order chi connectivity index (χ0) is 16.5. The van der Waals surface area contributed by atoms with Crippen LogP contribution in [-0.4, -0.2) is 11.4 Å². The van der Waals surface area contributed by atoms with Crippen LogP contribution < -0.4 is 5.32 Å². The highest BCUT2D eigenvalue weighted by Crippen LogP contribution is 2.64. The molecule has 0 spiro atoms. The van der Waals surface area contributed by atoms with Crippen molar-refractivity contribution in [2.45, 2.75) is 90.0 Å². The van der Waals surface area contributed by atoms with E-state index in [0.717, 1.165) is 5.92 Å². The van der Waals surface area contributed by atoms with Crippen molar-refractivity contribution >= 4 is 5.91 Å². The van der Waals surface area contributed by atoms with Crippen LogP contribution in [0.4, 0.5) is 0 Å². The van der Waals surface area contributed by atoms with E-state index in [1.165, 1.54) is 76.7 Å². The highest BCUT2D eigenvalue weighted by molar-refractivity contribution is 5.87. The van der Waals surface area contributed by atoms with Crippen molar-refractivity contribution in [2.75, 3.05) is 0 Å². The number of carbonyl (C=O) groups excluding carboxylic acids is 1. The summed E-state index contributed by atoms with van der Waals surface area (Å²) < 4.78 is 0. The Kier molecular flexibility index (Phi) is 4.90. The van der Waals surface area contributed by atoms with Gasteiger partial charge in [0, 0.05) is 5.54 Å². The Labute approximate surface area is 142 Å². The monoisotopic (exact) mass is 317 g/mol. The zero-order valence-electron chi connectivity index (χ0n) is 15.2. The van der Waals surface area contributed by atoms with Crippen LogP contribution in [0.5, 0.6) is 0 Å². The molecular formula is C21H35NO. The van der Waals surface area contributed by atoms with Crippen LogP contribution >= 0.6 is 0 Å². The molecule has 2 heteroatoms. The number of hydrogen-bond acceptors (Lipinski definition) is 1. The first-order valence-electron chi connectivity index (χ1n) is 9.96. The van der Waals surface area contributed by atoms with Crippen LogP contribution in [0.1, 0.15) is 84.5 Å². The van der Waals surface area contributed by atoms with Crippen LogP contribution in [0.2, 0.25) is 0 Å². The fourth-order valence-corrected chi connectivity index (χ4v) is 6.47. The Balaban J connectivity index is 1.73. The molecule has 0 aromatic heterocycles. The van der Waals surface area contributed by atoms with Crippen molar-refractivity contribution < 1.29 is 4.79 Å². The first-order chi connectivity index (χ1) is 11.0. The van der Waals surface area contributed by atoms with Gasteiger partial charge in [-0.15, -0.1) is 0 Å². The van der Waals surface area contributed by atoms with Crippen molar-refractivity contribution in [3.8, 4) is 0 Å². The van der Waals surface area contributed by atoms with Gasteiger partial charge in [0.15, 0.2) is 0 Å². The van der Waals surface area contributed by atoms with Crippen LogP contribution in [0, 0.1) is 23.2 Å². The third kappa shape index (κ3) is 3.23. The van der Waals surface area contributed by atoms with Crippen LogP contribution in [0.3, 0.4) is 0 Å². The highest BCUT2D eigenvalue weighted by Gasteiger charge is 2.60. The summed E-state index contributed by atoms with van der Waals surface area (Å²) in [6, 6.07) is 0. The van der Waals surface area contributed by atoms with Crippen molar-refractivity contribution in [3.63, 3.8) is 0 Å². The summed E-state index contributed by atoms with van der Waals surface area (Å²) in [5.41, 5.74) is 0.634. The van der Waals surface area contributed by atoms with Crippen LogP contribution in [0.25, 0.3) is 0 Å². The molecule has 2 unspecified atom stereocenters. The molecule has 4 bridgehead atoms. The largest absolute Gasteiger partial charge is 0.347 e. The molecule has 1 N–H and O–H groups in total. The summed E-state index contributed by atoms with van der Waals surface area (Å²) in [5.74, 6) is 2.38. The molecule has 1 amide bonds. The molecule has 4 fully saturated rings. The van der Waals surface area contributed by atoms with Gasteiger partial charge in [0.1, 0.15) is 0 Å². The maximum Gasteiger partial charge on any atom is 0.243 e. The standard InChI is InChI=1S/C21H35NO/c1-4-6-7-8-9-10-21(22-19(23)5-2)17-11-16-12-18(21)15-20(3,13-16)14-17/h5,16-18H,2,4,6-15H2,1,3H3,(H,22,23). The molecule has 130 valence electrons. The molecule has 2 nitrogen and oxygen atoms in total. The molecule has 0 aliphatic heterocycles. The molecular weight excluding hydrogens is 282 g/mol. The molecule has 4 aliphatic rings. The minimum absolute atomic E-state index is 0.0520. The van der Waals surface area contributed by atoms with Crippen molar-refractivity contribution in [2.24, 2.45) is 23.2 Å². The molecule has 4 rings (SSSR count). The zero-order valence-corrected chi connectivity index (χ0v) is 15.2. The fraction of sp³-hybridized carbons (Fsp3) is 0.857. The van der Waals surface area contributed by atoms with Gasteiger partial charge >= 0.3 is 0 Å². The van der Waals surface area contributed by atoms with E-state index in [0.29, 0.717) is 17.3 Å². The molecule has 0 radical (unpaired) electrons. The number of carbonyl (C=O) groups is 1. The molecule has 0 heterocycles. The maximum atomic E-state index is 12.2. The lowest BCUT2D eigenvalue weighted by Gasteiger charge is -2.65. The summed E-state index contributed by atoms with van der Waals surface area (Å²) in [4.78, 5) is 12.2. The summed E-state index contributed by atoms with van der Waals surface area (Å²) in [5, 5.41) is 3.48. The summed E-state index contributed by atoms with van der Waals surface area (Å²) in [6.45, 7) is 8.46. The lowest BCUT2D eigenvalue weighted by molar-refractivity contribution is -0.138. The first kappa shape index (κ1) is 17.0. The van der Waals surface area contributed by atoms with Gasteiger partial charge in [0.25, 0.3) is 0 Å². The average Bonchev–Trinajstić information content (AvgIpc) is 2.50. The second kappa shape index (κ2) is 6.61. The van der Waals surface area contributed by atoms with Crippen molar-refractivity contribution in [1.29, 1.82) is 0 Å². The van der Waals surface area contributed by atoms with Gasteiger partial charge in [-0.25, -0.2) is 0 Å². The lowest BCUT2D eigenvalue weighted by atomic mass is 9.43. The second-order valence-corrected chi connectivity index (χ2v) is 9.05. The summed E-state index contributed by atoms with van der Waals surface area (Å²) in [6.07, 6.45) is 16.0. The van der Waals surface area contributed by atoms with Gasteiger partial charge in [-0.1, -0.05) is 52.5 Å². The number of nitrogens with one attached hydrogen (secondary N) is 1. The predicted octanol–water partition coefficient (Wildman–Crippen LogP) is 5.23. The first-order valence-corrected chi connectivity index (χ1v) is 9.96. The van der Waals surface area contributed by atoms with E-state index in [1.807, 2.05) is 0 Å². The predicted molar refractivity (Wildman–Crippen MR) is 96.1 cm³/mol. The molecule has 0 aromatic rings. The fourth-order valence-electron chi connectivity index (χ4n) is 6.47. The van der Waals surface area contributed by atoms with E-state index in [2.05, 4.69) is 25.7 Å². The normalized spacial score (nSPS) is 41.0. The van der Waals surface area contributed by atoms with Crippen molar-refractivity contribution in [3.05, 3.63) is 12.7 Å². The third-order valence-electron chi connectivity index (χ3n) is 7.19. The minimum atomic E-state index is 0.0520. The molecule has 23 heavy (non-hydrogen) atoms. The summed E-state index contributed by atoms with van der Waals surface area (Å²) >= 11 is 0. The average molecular weight is 318 g/mol. The van der Waals surface area contributed by atoms with Gasteiger partial charge in [0.05, 0.1) is 0 Å². The second-order valence-electron chi connectivity index (χ2n) is 9.05. The highest BCUT2D eigenvalue weighted by atomic mass is 16.1. The molecule has 4 saturated carbocycles. The van der Waals surface area contributed by atoms with Gasteiger partial charge < -0.3 is 5.32 Å². The van der Waals surface area contributed by atoms with Gasteiger partial charge in [0.2, 0.25) is 5.91 Å². The SMILES string of the molecule is C=CC(=O)NC1(CCCCCCC)C2CC3CC1CC(C)(C3)C2. The Morgan fingerprint density at radius 1 is 1.13 bits per heavy atom. The number of unbranched alkanes of at least 4 members (excludes halogenated alkanes) is 4. The molecule has 0 aromatic carbocycles. The van der Waals surface area contributed by atoms with E-state index in [-0.39, 0.29) is 11.4 Å². The number of rotatable bonds is 8. The van der Waals surface area contributed by atoms with Crippen LogP contribution in [-0.2, 0) is 4.79 Å². The Morgan fingerprint density at radius 2 is 1.78 bits per heavy atom. The third-order valence-corrected chi connectivity index (χ3v) is 7.19. The van der Waals surface area contributed by atoms with E-state index in [1.54, 1.807) is 0 Å².